The Balaban J connectivity index is 2.81. The van der Waals surface area contributed by atoms with Gasteiger partial charge in [-0.15, -0.1) is 0 Å². The van der Waals surface area contributed by atoms with E-state index in [-0.39, 0.29) is 0 Å². The van der Waals surface area contributed by atoms with Crippen LogP contribution >= 0.6 is 0 Å². The van der Waals surface area contributed by atoms with Gasteiger partial charge in [0.15, 0.2) is 6.29 Å². The highest BCUT2D eigenvalue weighted by molar-refractivity contribution is 5.67. The van der Waals surface area contributed by atoms with Crippen LogP contribution in [0, 0.1) is 0 Å². The van der Waals surface area contributed by atoms with E-state index in [2.05, 4.69) is 15.7 Å². The van der Waals surface area contributed by atoms with E-state index in [0.717, 1.165) is 0 Å². The van der Waals surface area contributed by atoms with Gasteiger partial charge >= 0.3 is 0 Å². The van der Waals surface area contributed by atoms with Crippen LogP contribution in [0.15, 0.2) is 22.5 Å². The standard InChI is InChI=1S/C4H6N4O/c5-7-4(3-9)1-2-6-8-4/h1-3,7H,5H2. The normalized spacial score (nSPS) is 31.2. The molecule has 0 spiro atoms. The van der Waals surface area contributed by atoms with Gasteiger partial charge in [-0.2, -0.15) is 10.2 Å². The second-order valence-electron chi connectivity index (χ2n) is 1.62. The van der Waals surface area contributed by atoms with E-state index in [1.54, 1.807) is 0 Å². The molecule has 0 aromatic rings. The molecule has 48 valence electrons. The summed E-state index contributed by atoms with van der Waals surface area (Å²) in [5, 5.41) is 6.96. The summed E-state index contributed by atoms with van der Waals surface area (Å²) in [4.78, 5) is 10.2. The predicted molar refractivity (Wildman–Crippen MR) is 30.1 cm³/mol. The van der Waals surface area contributed by atoms with Gasteiger partial charge in [0.05, 0.1) is 0 Å². The van der Waals surface area contributed by atoms with E-state index in [1.165, 1.54) is 12.3 Å². The fraction of sp³-hybridized carbons (Fsp3) is 0.250. The molecule has 0 saturated carbocycles. The summed E-state index contributed by atoms with van der Waals surface area (Å²) in [5.74, 6) is 4.99. The first-order valence-electron chi connectivity index (χ1n) is 2.37. The van der Waals surface area contributed by atoms with E-state index >= 15 is 0 Å². The van der Waals surface area contributed by atoms with Crippen LogP contribution in [0.2, 0.25) is 0 Å². The average Bonchev–Trinajstić information content (AvgIpc) is 2.36. The first kappa shape index (κ1) is 6.06. The Bertz CT molecular complexity index is 161. The number of nitrogens with zero attached hydrogens (tertiary/aromatic N) is 2. The Morgan fingerprint density at radius 2 is 2.56 bits per heavy atom. The summed E-state index contributed by atoms with van der Waals surface area (Å²) in [6.45, 7) is 0. The quantitative estimate of drug-likeness (QED) is 0.292. The van der Waals surface area contributed by atoms with Crippen LogP contribution in [0.1, 0.15) is 0 Å². The number of carbonyl (C=O) groups excluding carboxylic acids is 1. The molecule has 1 heterocycles. The lowest BCUT2D eigenvalue weighted by Crippen LogP contribution is -2.46. The molecule has 0 aromatic carbocycles. The highest BCUT2D eigenvalue weighted by Crippen LogP contribution is 2.10. The fourth-order valence-electron chi connectivity index (χ4n) is 0.483. The number of nitrogens with two attached hydrogens (primary N) is 1. The van der Waals surface area contributed by atoms with E-state index < -0.39 is 5.66 Å². The number of hydrazine groups is 1. The lowest BCUT2D eigenvalue weighted by molar-refractivity contribution is -0.111. The highest BCUT2D eigenvalue weighted by atomic mass is 16.1. The molecule has 0 aromatic heterocycles. The molecular formula is C4H6N4O. The van der Waals surface area contributed by atoms with Crippen molar-refractivity contribution in [1.82, 2.24) is 5.43 Å². The number of nitrogens with one attached hydrogen (secondary N) is 1. The van der Waals surface area contributed by atoms with Crippen molar-refractivity contribution in [3.63, 3.8) is 0 Å². The predicted octanol–water partition coefficient (Wildman–Crippen LogP) is -0.676. The monoisotopic (exact) mass is 126 g/mol. The molecule has 5 heteroatoms. The molecule has 0 amide bonds. The lowest BCUT2D eigenvalue weighted by atomic mass is 10.2. The van der Waals surface area contributed by atoms with E-state index in [9.17, 15) is 4.79 Å². The van der Waals surface area contributed by atoms with Crippen molar-refractivity contribution in [2.24, 2.45) is 16.1 Å². The number of aldehydes is 1. The summed E-state index contributed by atoms with van der Waals surface area (Å²) in [7, 11) is 0. The molecule has 0 saturated heterocycles. The van der Waals surface area contributed by atoms with Gasteiger partial charge in [0.25, 0.3) is 0 Å². The molecule has 1 atom stereocenters. The fourth-order valence-corrected chi connectivity index (χ4v) is 0.483. The van der Waals surface area contributed by atoms with Crippen LogP contribution in [0.5, 0.6) is 0 Å². The second kappa shape index (κ2) is 2.04. The zero-order chi connectivity index (χ0) is 6.74. The summed E-state index contributed by atoms with van der Waals surface area (Å²) in [6.07, 6.45) is 3.47. The third-order valence-corrected chi connectivity index (χ3v) is 1.03. The van der Waals surface area contributed by atoms with Crippen molar-refractivity contribution < 1.29 is 4.79 Å². The van der Waals surface area contributed by atoms with E-state index in [0.29, 0.717) is 6.29 Å². The average molecular weight is 126 g/mol. The Hall–Kier alpha value is -1.07. The zero-order valence-corrected chi connectivity index (χ0v) is 4.61. The smallest absolute Gasteiger partial charge is 0.220 e. The van der Waals surface area contributed by atoms with Gasteiger partial charge < -0.3 is 0 Å². The summed E-state index contributed by atoms with van der Waals surface area (Å²) < 4.78 is 0. The molecule has 0 bridgehead atoms. The number of hydrogen-bond donors (Lipinski definition) is 2. The maximum absolute atomic E-state index is 10.2. The maximum atomic E-state index is 10.2. The van der Waals surface area contributed by atoms with Crippen molar-refractivity contribution in [2.45, 2.75) is 5.66 Å². The second-order valence-corrected chi connectivity index (χ2v) is 1.62. The minimum absolute atomic E-state index is 0.583. The lowest BCUT2D eigenvalue weighted by Gasteiger charge is -2.10. The summed E-state index contributed by atoms with van der Waals surface area (Å²) in [5.41, 5.74) is 1.11. The van der Waals surface area contributed by atoms with Crippen molar-refractivity contribution >= 4 is 6.29 Å². The van der Waals surface area contributed by atoms with E-state index in [1.807, 2.05) is 0 Å². The molecule has 9 heavy (non-hydrogen) atoms. The van der Waals surface area contributed by atoms with Crippen molar-refractivity contribution in [2.75, 3.05) is 0 Å². The minimum atomic E-state index is -1.10. The molecule has 0 aliphatic carbocycles. The maximum Gasteiger partial charge on any atom is 0.220 e. The van der Waals surface area contributed by atoms with Gasteiger partial charge in [-0.25, -0.2) is 5.43 Å². The van der Waals surface area contributed by atoms with Gasteiger partial charge in [-0.1, -0.05) is 0 Å². The third kappa shape index (κ3) is 0.868. The van der Waals surface area contributed by atoms with Gasteiger partial charge in [0.2, 0.25) is 5.66 Å². The summed E-state index contributed by atoms with van der Waals surface area (Å²) in [6, 6.07) is 0. The Labute approximate surface area is 51.6 Å². The zero-order valence-electron chi connectivity index (χ0n) is 4.61. The van der Waals surface area contributed by atoms with Crippen LogP contribution in [0.25, 0.3) is 0 Å². The Morgan fingerprint density at radius 3 is 2.78 bits per heavy atom. The largest absolute Gasteiger partial charge is 0.299 e. The van der Waals surface area contributed by atoms with Crippen molar-refractivity contribution in [3.8, 4) is 0 Å². The SMILES string of the molecule is NNC1(C=O)C=CN=N1. The molecule has 3 N–H and O–H groups in total. The minimum Gasteiger partial charge on any atom is -0.299 e. The van der Waals surface area contributed by atoms with Crippen molar-refractivity contribution in [1.29, 1.82) is 0 Å². The molecule has 5 nitrogen and oxygen atoms in total. The molecule has 0 fully saturated rings. The van der Waals surface area contributed by atoms with Gasteiger partial charge in [0.1, 0.15) is 0 Å². The third-order valence-electron chi connectivity index (χ3n) is 1.03. The molecule has 0 radical (unpaired) electrons. The van der Waals surface area contributed by atoms with Crippen molar-refractivity contribution in [3.05, 3.63) is 12.3 Å². The highest BCUT2D eigenvalue weighted by Gasteiger charge is 2.26. The Morgan fingerprint density at radius 1 is 1.78 bits per heavy atom. The molecule has 1 aliphatic heterocycles. The number of rotatable bonds is 2. The summed E-state index contributed by atoms with van der Waals surface area (Å²) >= 11 is 0. The van der Waals surface area contributed by atoms with Gasteiger partial charge in [-0.3, -0.25) is 10.6 Å². The van der Waals surface area contributed by atoms with Gasteiger partial charge in [0, 0.05) is 6.20 Å². The number of azo groups is 1. The van der Waals surface area contributed by atoms with Crippen LogP contribution in [0.3, 0.4) is 0 Å². The van der Waals surface area contributed by atoms with Crippen LogP contribution < -0.4 is 11.3 Å². The van der Waals surface area contributed by atoms with Gasteiger partial charge in [-0.05, 0) is 6.08 Å². The first-order valence-corrected chi connectivity index (χ1v) is 2.37. The first-order chi connectivity index (χ1) is 4.33. The number of hydrogen-bond acceptors (Lipinski definition) is 5. The topological polar surface area (TPSA) is 79.8 Å². The molecular weight excluding hydrogens is 120 g/mol. The van der Waals surface area contributed by atoms with Crippen LogP contribution in [-0.2, 0) is 4.79 Å². The Kier molecular flexibility index (Phi) is 1.37. The van der Waals surface area contributed by atoms with Crippen LogP contribution in [0.4, 0.5) is 0 Å². The van der Waals surface area contributed by atoms with Crippen LogP contribution in [-0.4, -0.2) is 11.9 Å². The molecule has 1 unspecified atom stereocenters. The molecule has 1 aliphatic rings. The van der Waals surface area contributed by atoms with E-state index in [4.69, 9.17) is 5.84 Å². The molecule has 1 rings (SSSR count). The number of carbonyl (C=O) groups is 1.